The van der Waals surface area contributed by atoms with Gasteiger partial charge in [-0.1, -0.05) is 61.3 Å². The number of rotatable bonds is 13. The number of halogens is 1. The third kappa shape index (κ3) is 10.8. The fraction of sp³-hybridized carbons (Fsp3) is 0.529. The van der Waals surface area contributed by atoms with Crippen molar-refractivity contribution in [3.05, 3.63) is 63.7 Å². The molecule has 0 saturated heterocycles. The Morgan fingerprint density at radius 1 is 0.955 bits per heavy atom. The number of primary amides is 1. The molecule has 2 aromatic carbocycles. The Kier molecular flexibility index (Phi) is 13.3. The first-order chi connectivity index (χ1) is 20.4. The second-order valence-electron chi connectivity index (χ2n) is 13.0. The Bertz CT molecular complexity index is 1320. The molecule has 10 heteroatoms. The van der Waals surface area contributed by atoms with E-state index in [0.717, 1.165) is 23.1 Å². The summed E-state index contributed by atoms with van der Waals surface area (Å²) in [6, 6.07) is 8.34. The van der Waals surface area contributed by atoms with Crippen molar-refractivity contribution in [3.8, 4) is 0 Å². The number of hydrogen-bond donors (Lipinski definition) is 3. The molecular formula is C34H49ClN4O5. The first-order valence-corrected chi connectivity index (χ1v) is 15.5. The van der Waals surface area contributed by atoms with Crippen LogP contribution in [0.2, 0.25) is 5.02 Å². The van der Waals surface area contributed by atoms with Gasteiger partial charge in [0.05, 0.1) is 10.7 Å². The first-order valence-electron chi connectivity index (χ1n) is 15.1. The minimum absolute atomic E-state index is 0.0638. The highest BCUT2D eigenvalue weighted by Gasteiger charge is 2.40. The van der Waals surface area contributed by atoms with Crippen LogP contribution in [0, 0.1) is 26.7 Å². The number of carbonyl (C=O) groups is 4. The van der Waals surface area contributed by atoms with Crippen molar-refractivity contribution in [3.63, 3.8) is 0 Å². The molecule has 0 fully saturated rings. The van der Waals surface area contributed by atoms with Crippen molar-refractivity contribution in [1.82, 2.24) is 10.2 Å². The molecule has 0 heterocycles. The van der Waals surface area contributed by atoms with E-state index in [-0.39, 0.29) is 12.8 Å². The largest absolute Gasteiger partial charge is 0.444 e. The highest BCUT2D eigenvalue weighted by atomic mass is 35.5. The highest BCUT2D eigenvalue weighted by Crippen LogP contribution is 2.33. The van der Waals surface area contributed by atoms with Gasteiger partial charge in [0.2, 0.25) is 11.8 Å². The lowest BCUT2D eigenvalue weighted by molar-refractivity contribution is -0.143. The molecular weight excluding hydrogens is 580 g/mol. The smallest absolute Gasteiger partial charge is 0.408 e. The lowest BCUT2D eigenvalue weighted by Gasteiger charge is -2.39. The van der Waals surface area contributed by atoms with E-state index in [1.54, 1.807) is 32.9 Å². The maximum atomic E-state index is 14.6. The van der Waals surface area contributed by atoms with E-state index >= 15 is 0 Å². The second kappa shape index (κ2) is 15.9. The number of carbonyl (C=O) groups excluding carboxylic acids is 4. The molecule has 0 aromatic heterocycles. The van der Waals surface area contributed by atoms with Gasteiger partial charge in [0.1, 0.15) is 17.7 Å². The fourth-order valence-corrected chi connectivity index (χ4v) is 5.29. The van der Waals surface area contributed by atoms with Gasteiger partial charge in [-0.2, -0.15) is 0 Å². The van der Waals surface area contributed by atoms with Crippen LogP contribution >= 0.6 is 11.6 Å². The molecule has 0 aliphatic rings. The Balaban J connectivity index is 2.73. The van der Waals surface area contributed by atoms with Crippen LogP contribution in [0.3, 0.4) is 0 Å². The molecule has 0 bridgehead atoms. The normalized spacial score (nSPS) is 13.5. The third-order valence-electron chi connectivity index (χ3n) is 7.28. The van der Waals surface area contributed by atoms with Crippen molar-refractivity contribution in [2.75, 3.05) is 5.32 Å². The lowest BCUT2D eigenvalue weighted by atomic mass is 9.93. The average molecular weight is 629 g/mol. The average Bonchev–Trinajstić information content (AvgIpc) is 2.89. The van der Waals surface area contributed by atoms with Crippen molar-refractivity contribution in [1.29, 1.82) is 0 Å². The summed E-state index contributed by atoms with van der Waals surface area (Å²) in [5.74, 6) is -1.25. The number of benzene rings is 2. The minimum atomic E-state index is -1.18. The van der Waals surface area contributed by atoms with Gasteiger partial charge in [-0.15, -0.1) is 0 Å². The van der Waals surface area contributed by atoms with Gasteiger partial charge in [0, 0.05) is 12.5 Å². The van der Waals surface area contributed by atoms with E-state index in [4.69, 9.17) is 22.1 Å². The van der Waals surface area contributed by atoms with Crippen LogP contribution < -0.4 is 16.4 Å². The number of nitrogens with one attached hydrogen (secondary N) is 2. The van der Waals surface area contributed by atoms with Crippen molar-refractivity contribution < 1.29 is 23.9 Å². The van der Waals surface area contributed by atoms with Gasteiger partial charge in [0.25, 0.3) is 5.91 Å². The molecule has 0 radical (unpaired) electrons. The summed E-state index contributed by atoms with van der Waals surface area (Å²) in [7, 11) is 0. The molecule has 2 rings (SSSR count). The number of anilines is 1. The maximum absolute atomic E-state index is 14.6. The SMILES string of the molecule is Cc1ccc(C(C(=O)Nc2c(C)cccc2Cl)N(C(=O)C(CCC(N)=O)NC(=O)OC(C)(C)C)C(C)CCC(C)C)c(C)c1. The van der Waals surface area contributed by atoms with Crippen LogP contribution in [0.25, 0.3) is 0 Å². The maximum Gasteiger partial charge on any atom is 0.408 e. The zero-order valence-corrected chi connectivity index (χ0v) is 28.3. The standard InChI is InChI=1S/C34H49ClN4O5/c1-20(2)13-15-24(6)39(32(42)27(17-18-28(36)40)37-33(43)44-34(7,8)9)30(25-16-14-21(3)19-23(25)5)31(41)38-29-22(4)11-10-12-26(29)35/h10-12,14,16,19-20,24,27,30H,13,15,17-18H2,1-9H3,(H2,36,40)(H,37,43)(H,38,41). The van der Waals surface area contributed by atoms with E-state index in [9.17, 15) is 19.2 Å². The predicted octanol–water partition coefficient (Wildman–Crippen LogP) is 6.76. The molecule has 0 saturated carbocycles. The first kappa shape index (κ1) is 36.6. The van der Waals surface area contributed by atoms with E-state index in [1.165, 1.54) is 4.90 Å². The molecule has 44 heavy (non-hydrogen) atoms. The topological polar surface area (TPSA) is 131 Å². The van der Waals surface area contributed by atoms with Gasteiger partial charge < -0.3 is 26.0 Å². The van der Waals surface area contributed by atoms with Crippen LogP contribution in [0.1, 0.15) is 95.5 Å². The quantitative estimate of drug-likeness (QED) is 0.226. The summed E-state index contributed by atoms with van der Waals surface area (Å²) >= 11 is 6.50. The lowest BCUT2D eigenvalue weighted by Crippen LogP contribution is -2.55. The molecule has 3 unspecified atom stereocenters. The summed E-state index contributed by atoms with van der Waals surface area (Å²) in [5.41, 5.74) is 8.31. The van der Waals surface area contributed by atoms with Crippen LogP contribution in [-0.4, -0.2) is 46.4 Å². The van der Waals surface area contributed by atoms with Gasteiger partial charge in [-0.3, -0.25) is 14.4 Å². The summed E-state index contributed by atoms with van der Waals surface area (Å²) in [4.78, 5) is 55.2. The highest BCUT2D eigenvalue weighted by molar-refractivity contribution is 6.34. The molecule has 4 amide bonds. The van der Waals surface area contributed by atoms with Crippen molar-refractivity contribution in [2.24, 2.45) is 11.7 Å². The summed E-state index contributed by atoms with van der Waals surface area (Å²) in [6.45, 7) is 16.9. The molecule has 9 nitrogen and oxygen atoms in total. The summed E-state index contributed by atoms with van der Waals surface area (Å²) in [6.07, 6.45) is 0.361. The van der Waals surface area contributed by atoms with Crippen LogP contribution in [0.5, 0.6) is 0 Å². The van der Waals surface area contributed by atoms with Crippen LogP contribution in [0.4, 0.5) is 10.5 Å². The van der Waals surface area contributed by atoms with E-state index in [1.807, 2.05) is 52.0 Å². The van der Waals surface area contributed by atoms with Crippen molar-refractivity contribution >= 4 is 41.1 Å². The Morgan fingerprint density at radius 3 is 2.16 bits per heavy atom. The predicted molar refractivity (Wildman–Crippen MR) is 175 cm³/mol. The molecule has 242 valence electrons. The van der Waals surface area contributed by atoms with Gasteiger partial charge in [-0.05, 0) is 96.4 Å². The monoisotopic (exact) mass is 628 g/mol. The van der Waals surface area contributed by atoms with Crippen molar-refractivity contribution in [2.45, 2.75) is 112 Å². The number of nitrogens with zero attached hydrogens (tertiary/aromatic N) is 1. The molecule has 0 aliphatic heterocycles. The molecule has 3 atom stereocenters. The number of hydrogen-bond acceptors (Lipinski definition) is 5. The molecule has 4 N–H and O–H groups in total. The van der Waals surface area contributed by atoms with Gasteiger partial charge >= 0.3 is 6.09 Å². The number of nitrogens with two attached hydrogens (primary N) is 1. The number of ether oxygens (including phenoxy) is 1. The number of aryl methyl sites for hydroxylation is 3. The van der Waals surface area contributed by atoms with Crippen LogP contribution in [-0.2, 0) is 19.1 Å². The molecule has 0 aliphatic carbocycles. The summed E-state index contributed by atoms with van der Waals surface area (Å²) < 4.78 is 5.44. The zero-order chi connectivity index (χ0) is 33.4. The Morgan fingerprint density at radius 2 is 1.61 bits per heavy atom. The number of amides is 4. The van der Waals surface area contributed by atoms with Gasteiger partial charge in [0.15, 0.2) is 0 Å². The van der Waals surface area contributed by atoms with E-state index in [0.29, 0.717) is 28.6 Å². The minimum Gasteiger partial charge on any atom is -0.444 e. The zero-order valence-electron chi connectivity index (χ0n) is 27.5. The Hall–Kier alpha value is -3.59. The van der Waals surface area contributed by atoms with Gasteiger partial charge in [-0.25, -0.2) is 4.79 Å². The second-order valence-corrected chi connectivity index (χ2v) is 13.4. The third-order valence-corrected chi connectivity index (χ3v) is 7.59. The van der Waals surface area contributed by atoms with Crippen LogP contribution in [0.15, 0.2) is 36.4 Å². The molecule has 2 aromatic rings. The molecule has 0 spiro atoms. The van der Waals surface area contributed by atoms with E-state index in [2.05, 4.69) is 24.5 Å². The summed E-state index contributed by atoms with van der Waals surface area (Å²) in [5, 5.41) is 6.01. The Labute approximate surface area is 267 Å². The number of alkyl carbamates (subject to hydrolysis) is 1. The number of para-hydroxylation sites is 1. The van der Waals surface area contributed by atoms with E-state index < -0.39 is 47.5 Å². The fourth-order valence-electron chi connectivity index (χ4n) is 5.02.